The van der Waals surface area contributed by atoms with Gasteiger partial charge in [-0.1, -0.05) is 23.7 Å². The van der Waals surface area contributed by atoms with Crippen molar-refractivity contribution in [3.63, 3.8) is 0 Å². The molecule has 1 aromatic rings. The highest BCUT2D eigenvalue weighted by atomic mass is 35.5. The Balaban J connectivity index is 1.79. The molecule has 2 heterocycles. The molecule has 2 fully saturated rings. The molecule has 5 heteroatoms. The third-order valence-corrected chi connectivity index (χ3v) is 4.77. The lowest BCUT2D eigenvalue weighted by Gasteiger charge is -2.29. The minimum absolute atomic E-state index is 0.0743. The summed E-state index contributed by atoms with van der Waals surface area (Å²) in [6.07, 6.45) is 2.05. The fourth-order valence-electron chi connectivity index (χ4n) is 3.39. The molecule has 0 radical (unpaired) electrons. The molecule has 0 bridgehead atoms. The summed E-state index contributed by atoms with van der Waals surface area (Å²) in [4.78, 5) is 14.9. The molecule has 1 amide bonds. The van der Waals surface area contributed by atoms with E-state index in [2.05, 4.69) is 11.4 Å². The van der Waals surface area contributed by atoms with Gasteiger partial charge in [-0.15, -0.1) is 0 Å². The molecule has 2 saturated heterocycles. The van der Waals surface area contributed by atoms with Crippen LogP contribution < -0.4 is 5.32 Å². The van der Waals surface area contributed by atoms with Crippen LogP contribution in [-0.2, 0) is 9.53 Å². The van der Waals surface area contributed by atoms with Gasteiger partial charge in [0, 0.05) is 17.6 Å². The molecule has 2 aliphatic rings. The number of amides is 1. The molecule has 2 aliphatic heterocycles. The van der Waals surface area contributed by atoms with E-state index < -0.39 is 0 Å². The number of benzene rings is 1. The molecule has 1 aromatic carbocycles. The van der Waals surface area contributed by atoms with E-state index in [1.165, 1.54) is 0 Å². The van der Waals surface area contributed by atoms with Gasteiger partial charge in [0.1, 0.15) is 0 Å². The van der Waals surface area contributed by atoms with Crippen molar-refractivity contribution in [1.82, 2.24) is 10.2 Å². The van der Waals surface area contributed by atoms with Crippen molar-refractivity contribution in [1.29, 1.82) is 0 Å². The van der Waals surface area contributed by atoms with Gasteiger partial charge in [0.15, 0.2) is 0 Å². The highest BCUT2D eigenvalue weighted by Crippen LogP contribution is 2.35. The Bertz CT molecular complexity index is 523. The maximum atomic E-state index is 12.9. The van der Waals surface area contributed by atoms with Gasteiger partial charge in [-0.2, -0.15) is 0 Å². The van der Waals surface area contributed by atoms with Crippen LogP contribution in [0.3, 0.4) is 0 Å². The van der Waals surface area contributed by atoms with E-state index in [0.29, 0.717) is 13.2 Å². The predicted octanol–water partition coefficient (Wildman–Crippen LogP) is 2.24. The van der Waals surface area contributed by atoms with Crippen molar-refractivity contribution >= 4 is 17.5 Å². The van der Waals surface area contributed by atoms with E-state index in [0.717, 1.165) is 30.0 Å². The van der Waals surface area contributed by atoms with E-state index in [9.17, 15) is 4.79 Å². The topological polar surface area (TPSA) is 41.6 Å². The number of ether oxygens (including phenoxy) is 1. The normalized spacial score (nSPS) is 29.0. The van der Waals surface area contributed by atoms with Crippen molar-refractivity contribution in [2.24, 2.45) is 5.92 Å². The molecule has 0 aromatic heterocycles. The summed E-state index contributed by atoms with van der Waals surface area (Å²) >= 11 is 6.09. The molecule has 3 unspecified atom stereocenters. The lowest BCUT2D eigenvalue weighted by molar-refractivity contribution is -0.137. The summed E-state index contributed by atoms with van der Waals surface area (Å²) in [7, 11) is 1.89. The third-order valence-electron chi connectivity index (χ3n) is 4.54. The molecule has 0 saturated carbocycles. The van der Waals surface area contributed by atoms with E-state index >= 15 is 0 Å². The van der Waals surface area contributed by atoms with Gasteiger partial charge in [0.25, 0.3) is 0 Å². The molecule has 0 spiro atoms. The second-order valence-corrected chi connectivity index (χ2v) is 6.22. The average Bonchev–Trinajstić information content (AvgIpc) is 3.15. The van der Waals surface area contributed by atoms with Gasteiger partial charge < -0.3 is 15.0 Å². The second-order valence-electron chi connectivity index (χ2n) is 5.78. The first-order valence-corrected chi connectivity index (χ1v) is 7.89. The number of carbonyl (C=O) groups is 1. The zero-order valence-electron chi connectivity index (χ0n) is 12.2. The lowest BCUT2D eigenvalue weighted by Crippen LogP contribution is -2.44. The molecule has 21 heavy (non-hydrogen) atoms. The SMILES string of the molecule is CNC1COCC1C(=O)N1CCCC1c1cccc(Cl)c1. The predicted molar refractivity (Wildman–Crippen MR) is 82.3 cm³/mol. The first kappa shape index (κ1) is 14.8. The molecule has 3 atom stereocenters. The minimum atomic E-state index is -0.0743. The molecule has 4 nitrogen and oxygen atoms in total. The Morgan fingerprint density at radius 2 is 2.29 bits per heavy atom. The summed E-state index contributed by atoms with van der Waals surface area (Å²) in [5.41, 5.74) is 1.13. The molecular weight excluding hydrogens is 288 g/mol. The van der Waals surface area contributed by atoms with Crippen LogP contribution in [0.15, 0.2) is 24.3 Å². The summed E-state index contributed by atoms with van der Waals surface area (Å²) < 4.78 is 5.47. The van der Waals surface area contributed by atoms with Crippen LogP contribution in [-0.4, -0.2) is 43.7 Å². The van der Waals surface area contributed by atoms with Crippen LogP contribution in [0, 0.1) is 5.92 Å². The fourth-order valence-corrected chi connectivity index (χ4v) is 3.58. The first-order chi connectivity index (χ1) is 10.2. The van der Waals surface area contributed by atoms with Gasteiger partial charge >= 0.3 is 0 Å². The van der Waals surface area contributed by atoms with E-state index in [4.69, 9.17) is 16.3 Å². The van der Waals surface area contributed by atoms with Gasteiger partial charge in [-0.25, -0.2) is 0 Å². The van der Waals surface area contributed by atoms with Crippen LogP contribution in [0.1, 0.15) is 24.4 Å². The minimum Gasteiger partial charge on any atom is -0.379 e. The highest BCUT2D eigenvalue weighted by molar-refractivity contribution is 6.30. The maximum Gasteiger partial charge on any atom is 0.230 e. The van der Waals surface area contributed by atoms with Crippen LogP contribution in [0.25, 0.3) is 0 Å². The Hall–Kier alpha value is -1.10. The van der Waals surface area contributed by atoms with Crippen molar-refractivity contribution in [2.45, 2.75) is 24.9 Å². The van der Waals surface area contributed by atoms with Crippen molar-refractivity contribution in [3.05, 3.63) is 34.9 Å². The smallest absolute Gasteiger partial charge is 0.230 e. The third kappa shape index (κ3) is 2.93. The largest absolute Gasteiger partial charge is 0.379 e. The zero-order valence-corrected chi connectivity index (χ0v) is 13.0. The molecule has 114 valence electrons. The van der Waals surface area contributed by atoms with Gasteiger partial charge in [-0.05, 0) is 37.6 Å². The number of nitrogens with zero attached hydrogens (tertiary/aromatic N) is 1. The Morgan fingerprint density at radius 1 is 1.43 bits per heavy atom. The van der Waals surface area contributed by atoms with E-state index in [1.807, 2.05) is 30.1 Å². The maximum absolute atomic E-state index is 12.9. The van der Waals surface area contributed by atoms with Gasteiger partial charge in [0.05, 0.1) is 25.2 Å². The summed E-state index contributed by atoms with van der Waals surface area (Å²) in [5, 5.41) is 3.91. The van der Waals surface area contributed by atoms with Crippen molar-refractivity contribution in [2.75, 3.05) is 26.8 Å². The second kappa shape index (κ2) is 6.34. The number of rotatable bonds is 3. The van der Waals surface area contributed by atoms with Crippen LogP contribution in [0.5, 0.6) is 0 Å². The van der Waals surface area contributed by atoms with Crippen LogP contribution in [0.2, 0.25) is 5.02 Å². The van der Waals surface area contributed by atoms with Crippen molar-refractivity contribution < 1.29 is 9.53 Å². The summed E-state index contributed by atoms with van der Waals surface area (Å²) in [5.74, 6) is 0.129. The Morgan fingerprint density at radius 3 is 3.05 bits per heavy atom. The average molecular weight is 309 g/mol. The Labute approximate surface area is 130 Å². The van der Waals surface area contributed by atoms with Crippen LogP contribution >= 0.6 is 11.6 Å². The number of hydrogen-bond acceptors (Lipinski definition) is 3. The molecule has 0 aliphatic carbocycles. The Kier molecular flexibility index (Phi) is 4.48. The number of hydrogen-bond donors (Lipinski definition) is 1. The quantitative estimate of drug-likeness (QED) is 0.931. The monoisotopic (exact) mass is 308 g/mol. The zero-order chi connectivity index (χ0) is 14.8. The van der Waals surface area contributed by atoms with Crippen molar-refractivity contribution in [3.8, 4) is 0 Å². The summed E-state index contributed by atoms with van der Waals surface area (Å²) in [6, 6.07) is 8.12. The van der Waals surface area contributed by atoms with Gasteiger partial charge in [0.2, 0.25) is 5.91 Å². The highest BCUT2D eigenvalue weighted by Gasteiger charge is 2.39. The van der Waals surface area contributed by atoms with E-state index in [1.54, 1.807) is 0 Å². The number of likely N-dealkylation sites (tertiary alicyclic amines) is 1. The van der Waals surface area contributed by atoms with Crippen LogP contribution in [0.4, 0.5) is 0 Å². The first-order valence-electron chi connectivity index (χ1n) is 7.51. The van der Waals surface area contributed by atoms with E-state index in [-0.39, 0.29) is 23.9 Å². The number of likely N-dealkylation sites (N-methyl/N-ethyl adjacent to an activating group) is 1. The molecule has 3 rings (SSSR count). The number of nitrogens with one attached hydrogen (secondary N) is 1. The standard InChI is InChI=1S/C16H21ClN2O2/c1-18-14-10-21-9-13(14)16(20)19-7-3-6-15(19)11-4-2-5-12(17)8-11/h2,4-5,8,13-15,18H,3,6-7,9-10H2,1H3. The number of carbonyl (C=O) groups excluding carboxylic acids is 1. The van der Waals surface area contributed by atoms with Gasteiger partial charge in [-0.3, -0.25) is 4.79 Å². The fraction of sp³-hybridized carbons (Fsp3) is 0.562. The number of halogens is 1. The lowest BCUT2D eigenvalue weighted by atomic mass is 9.99. The summed E-state index contributed by atoms with van der Waals surface area (Å²) in [6.45, 7) is 1.95. The molecule has 1 N–H and O–H groups in total. The molecular formula is C16H21ClN2O2.